The molecule has 0 aromatic carbocycles. The second kappa shape index (κ2) is 7.30. The van der Waals surface area contributed by atoms with Crippen molar-refractivity contribution in [1.29, 1.82) is 0 Å². The fraction of sp³-hybridized carbons (Fsp3) is 0.833. The molecule has 2 unspecified atom stereocenters. The summed E-state index contributed by atoms with van der Waals surface area (Å²) in [5.74, 6) is -0.950. The molecule has 4 N–H and O–H groups in total. The molecule has 1 saturated heterocycles. The Morgan fingerprint density at radius 2 is 2.32 bits per heavy atom. The first-order chi connectivity index (χ1) is 8.95. The van der Waals surface area contributed by atoms with Gasteiger partial charge >= 0.3 is 0 Å². The van der Waals surface area contributed by atoms with Crippen LogP contribution in [0.3, 0.4) is 0 Å². The number of nitrogens with one attached hydrogen (secondary N) is 1. The monoisotopic (exact) mass is 272 g/mol. The highest BCUT2D eigenvalue weighted by atomic mass is 16.5. The normalized spacial score (nSPS) is 23.4. The van der Waals surface area contributed by atoms with Gasteiger partial charge in [-0.2, -0.15) is 0 Å². The fourth-order valence-corrected chi connectivity index (χ4v) is 2.16. The number of hydrogen-bond donors (Lipinski definition) is 3. The molecule has 1 fully saturated rings. The van der Waals surface area contributed by atoms with Crippen LogP contribution in [0.25, 0.3) is 0 Å². The van der Waals surface area contributed by atoms with Gasteiger partial charge in [0.1, 0.15) is 5.92 Å². The molecule has 0 aromatic rings. The van der Waals surface area contributed by atoms with E-state index in [1.54, 1.807) is 0 Å². The standard InChI is InChI=1S/C12H24N4O3/c1-8(2)10(11(13)15-18)12(17)14-6-9-7-16(3)4-5-19-9/h8-10,18H,4-7H2,1-3H3,(H2,13,15)(H,14,17). The number of ether oxygens (including phenoxy) is 1. The molecule has 0 saturated carbocycles. The predicted molar refractivity (Wildman–Crippen MR) is 72.0 cm³/mol. The number of nitrogens with zero attached hydrogens (tertiary/aromatic N) is 2. The molecule has 0 spiro atoms. The minimum atomic E-state index is -0.619. The Morgan fingerprint density at radius 3 is 2.84 bits per heavy atom. The third kappa shape index (κ3) is 4.68. The van der Waals surface area contributed by atoms with E-state index in [4.69, 9.17) is 15.7 Å². The predicted octanol–water partition coefficient (Wildman–Crippen LogP) is -0.548. The van der Waals surface area contributed by atoms with E-state index in [1.165, 1.54) is 0 Å². The van der Waals surface area contributed by atoms with Crippen LogP contribution in [0.15, 0.2) is 5.16 Å². The van der Waals surface area contributed by atoms with E-state index in [0.717, 1.165) is 13.1 Å². The van der Waals surface area contributed by atoms with Gasteiger partial charge in [-0.25, -0.2) is 0 Å². The Kier molecular flexibility index (Phi) is 6.04. The van der Waals surface area contributed by atoms with Crippen LogP contribution < -0.4 is 11.1 Å². The number of amidine groups is 1. The number of morpholine rings is 1. The third-order valence-electron chi connectivity index (χ3n) is 3.23. The summed E-state index contributed by atoms with van der Waals surface area (Å²) < 4.78 is 5.56. The summed E-state index contributed by atoms with van der Waals surface area (Å²) in [5, 5.41) is 14.4. The SMILES string of the molecule is CC(C)C(C(=O)NCC1CN(C)CCO1)C(N)=NO. The van der Waals surface area contributed by atoms with Gasteiger partial charge in [0.2, 0.25) is 5.91 Å². The lowest BCUT2D eigenvalue weighted by Crippen LogP contribution is -2.49. The van der Waals surface area contributed by atoms with Crippen LogP contribution in [-0.2, 0) is 9.53 Å². The van der Waals surface area contributed by atoms with E-state index in [2.05, 4.69) is 15.4 Å². The van der Waals surface area contributed by atoms with Crippen LogP contribution in [0.1, 0.15) is 13.8 Å². The zero-order valence-corrected chi connectivity index (χ0v) is 11.8. The Hall–Kier alpha value is -1.34. The maximum atomic E-state index is 12.1. The number of rotatable bonds is 5. The first kappa shape index (κ1) is 15.7. The number of nitrogens with two attached hydrogens (primary N) is 1. The summed E-state index contributed by atoms with van der Waals surface area (Å²) in [6.45, 7) is 6.51. The van der Waals surface area contributed by atoms with Gasteiger partial charge in [0, 0.05) is 19.6 Å². The van der Waals surface area contributed by atoms with Crippen molar-refractivity contribution in [3.05, 3.63) is 0 Å². The molecule has 1 aliphatic rings. The average molecular weight is 272 g/mol. The molecule has 1 amide bonds. The Labute approximate surface area is 113 Å². The van der Waals surface area contributed by atoms with Crippen LogP contribution in [0.4, 0.5) is 0 Å². The van der Waals surface area contributed by atoms with Crippen molar-refractivity contribution in [3.63, 3.8) is 0 Å². The molecule has 7 nitrogen and oxygen atoms in total. The molecule has 19 heavy (non-hydrogen) atoms. The average Bonchev–Trinajstić information content (AvgIpc) is 2.36. The van der Waals surface area contributed by atoms with Gasteiger partial charge in [0.05, 0.1) is 12.7 Å². The maximum absolute atomic E-state index is 12.1. The number of amides is 1. The van der Waals surface area contributed by atoms with Gasteiger partial charge in [0.25, 0.3) is 0 Å². The topological polar surface area (TPSA) is 100 Å². The highest BCUT2D eigenvalue weighted by Crippen LogP contribution is 2.11. The van der Waals surface area contributed by atoms with Gasteiger partial charge < -0.3 is 25.9 Å². The maximum Gasteiger partial charge on any atom is 0.231 e. The van der Waals surface area contributed by atoms with Gasteiger partial charge in [0.15, 0.2) is 5.84 Å². The highest BCUT2D eigenvalue weighted by Gasteiger charge is 2.27. The van der Waals surface area contributed by atoms with E-state index >= 15 is 0 Å². The largest absolute Gasteiger partial charge is 0.409 e. The third-order valence-corrected chi connectivity index (χ3v) is 3.23. The fourth-order valence-electron chi connectivity index (χ4n) is 2.16. The summed E-state index contributed by atoms with van der Waals surface area (Å²) in [5.41, 5.74) is 5.55. The van der Waals surface area contributed by atoms with Gasteiger partial charge in [-0.05, 0) is 13.0 Å². The Bertz CT molecular complexity index is 333. The number of carbonyl (C=O) groups is 1. The molecule has 1 heterocycles. The minimum absolute atomic E-state index is 0.0113. The smallest absolute Gasteiger partial charge is 0.231 e. The van der Waals surface area contributed by atoms with E-state index in [1.807, 2.05) is 20.9 Å². The van der Waals surface area contributed by atoms with Crippen LogP contribution >= 0.6 is 0 Å². The van der Waals surface area contributed by atoms with Crippen LogP contribution in [0.5, 0.6) is 0 Å². The lowest BCUT2D eigenvalue weighted by atomic mass is 9.94. The van der Waals surface area contributed by atoms with Crippen LogP contribution in [0.2, 0.25) is 0 Å². The quantitative estimate of drug-likeness (QED) is 0.270. The first-order valence-corrected chi connectivity index (χ1v) is 6.51. The number of oxime groups is 1. The first-order valence-electron chi connectivity index (χ1n) is 6.51. The van der Waals surface area contributed by atoms with E-state index in [9.17, 15) is 4.79 Å². The molecular formula is C12H24N4O3. The second-order valence-corrected chi connectivity index (χ2v) is 5.25. The lowest BCUT2D eigenvalue weighted by molar-refractivity contribution is -0.125. The molecule has 0 radical (unpaired) electrons. The molecule has 0 aromatic heterocycles. The number of carbonyl (C=O) groups excluding carboxylic acids is 1. The summed E-state index contributed by atoms with van der Waals surface area (Å²) in [6, 6.07) is 0. The van der Waals surface area contributed by atoms with Crippen LogP contribution in [-0.4, -0.2) is 61.2 Å². The summed E-state index contributed by atoms with van der Waals surface area (Å²) in [6.07, 6.45) is -0.0113. The second-order valence-electron chi connectivity index (χ2n) is 5.25. The van der Waals surface area contributed by atoms with Crippen molar-refractivity contribution < 1.29 is 14.7 Å². The molecule has 1 rings (SSSR count). The van der Waals surface area contributed by atoms with Gasteiger partial charge in [-0.15, -0.1) is 0 Å². The van der Waals surface area contributed by atoms with Crippen molar-refractivity contribution in [2.45, 2.75) is 20.0 Å². The molecule has 0 bridgehead atoms. The number of hydrogen-bond acceptors (Lipinski definition) is 5. The highest BCUT2D eigenvalue weighted by molar-refractivity contribution is 6.02. The molecule has 2 atom stereocenters. The van der Waals surface area contributed by atoms with Crippen molar-refractivity contribution >= 4 is 11.7 Å². The van der Waals surface area contributed by atoms with Crippen molar-refractivity contribution in [1.82, 2.24) is 10.2 Å². The molecule has 7 heteroatoms. The Balaban J connectivity index is 2.48. The summed E-state index contributed by atoms with van der Waals surface area (Å²) in [4.78, 5) is 14.2. The molecular weight excluding hydrogens is 248 g/mol. The van der Waals surface area contributed by atoms with Crippen LogP contribution in [0, 0.1) is 11.8 Å². The van der Waals surface area contributed by atoms with Gasteiger partial charge in [-0.3, -0.25) is 4.79 Å². The summed E-state index contributed by atoms with van der Waals surface area (Å²) in [7, 11) is 2.02. The molecule has 1 aliphatic heterocycles. The number of likely N-dealkylation sites (N-methyl/N-ethyl adjacent to an activating group) is 1. The zero-order valence-electron chi connectivity index (χ0n) is 11.8. The molecule has 110 valence electrons. The van der Waals surface area contributed by atoms with Gasteiger partial charge in [-0.1, -0.05) is 19.0 Å². The summed E-state index contributed by atoms with van der Waals surface area (Å²) >= 11 is 0. The minimum Gasteiger partial charge on any atom is -0.409 e. The van der Waals surface area contributed by atoms with E-state index in [0.29, 0.717) is 13.2 Å². The Morgan fingerprint density at radius 1 is 1.63 bits per heavy atom. The van der Waals surface area contributed by atoms with Crippen molar-refractivity contribution in [2.24, 2.45) is 22.7 Å². The van der Waals surface area contributed by atoms with E-state index < -0.39 is 5.92 Å². The van der Waals surface area contributed by atoms with Crippen molar-refractivity contribution in [3.8, 4) is 0 Å². The van der Waals surface area contributed by atoms with E-state index in [-0.39, 0.29) is 23.8 Å². The zero-order chi connectivity index (χ0) is 14.4. The lowest BCUT2D eigenvalue weighted by Gasteiger charge is -2.30. The molecule has 0 aliphatic carbocycles. The van der Waals surface area contributed by atoms with Crippen molar-refractivity contribution in [2.75, 3.05) is 33.3 Å².